The lowest BCUT2D eigenvalue weighted by molar-refractivity contribution is 0.0858. The molecular formula is C25H27N3O5S. The fourth-order valence-electron chi connectivity index (χ4n) is 4.40. The molecule has 2 aliphatic rings. The summed E-state index contributed by atoms with van der Waals surface area (Å²) in [4.78, 5) is 27.2. The van der Waals surface area contributed by atoms with E-state index < -0.39 is 5.91 Å². The van der Waals surface area contributed by atoms with Crippen molar-refractivity contribution in [2.24, 2.45) is 0 Å². The number of ether oxygens (including phenoxy) is 2. The largest absolute Gasteiger partial charge is 0.494 e. The Bertz CT molecular complexity index is 1180. The van der Waals surface area contributed by atoms with Gasteiger partial charge in [-0.1, -0.05) is 5.16 Å². The Kier molecular flexibility index (Phi) is 6.64. The molecule has 1 saturated heterocycles. The van der Waals surface area contributed by atoms with Crippen molar-refractivity contribution in [3.8, 4) is 17.1 Å². The fourth-order valence-corrected chi connectivity index (χ4v) is 5.68. The van der Waals surface area contributed by atoms with Crippen LogP contribution in [0.25, 0.3) is 11.3 Å². The molecule has 3 aromatic rings. The summed E-state index contributed by atoms with van der Waals surface area (Å²) in [5, 5.41) is 10.4. The van der Waals surface area contributed by atoms with E-state index in [4.69, 9.17) is 14.0 Å². The average molecular weight is 482 g/mol. The van der Waals surface area contributed by atoms with Gasteiger partial charge in [0, 0.05) is 29.7 Å². The topological polar surface area (TPSA) is 103 Å². The second-order valence-electron chi connectivity index (χ2n) is 8.39. The number of anilines is 1. The van der Waals surface area contributed by atoms with Crippen molar-refractivity contribution in [1.29, 1.82) is 0 Å². The first-order valence-electron chi connectivity index (χ1n) is 11.7. The van der Waals surface area contributed by atoms with Crippen molar-refractivity contribution in [2.45, 2.75) is 45.1 Å². The molecule has 8 nitrogen and oxygen atoms in total. The Morgan fingerprint density at radius 3 is 2.79 bits per heavy atom. The summed E-state index contributed by atoms with van der Waals surface area (Å²) in [5.74, 6) is 0.672. The number of hydrogen-bond acceptors (Lipinski definition) is 7. The highest BCUT2D eigenvalue weighted by atomic mass is 32.1. The predicted octanol–water partition coefficient (Wildman–Crippen LogP) is 4.45. The van der Waals surface area contributed by atoms with Crippen molar-refractivity contribution in [3.63, 3.8) is 0 Å². The molecule has 0 radical (unpaired) electrons. The van der Waals surface area contributed by atoms with E-state index in [9.17, 15) is 9.59 Å². The first-order valence-corrected chi connectivity index (χ1v) is 12.5. The van der Waals surface area contributed by atoms with Gasteiger partial charge in [0.25, 0.3) is 11.8 Å². The average Bonchev–Trinajstić information content (AvgIpc) is 3.63. The highest BCUT2D eigenvalue weighted by Gasteiger charge is 2.29. The molecule has 1 aliphatic heterocycles. The number of carbonyl (C=O) groups excluding carboxylic acids is 2. The normalized spacial score (nSPS) is 16.9. The van der Waals surface area contributed by atoms with E-state index in [0.29, 0.717) is 29.5 Å². The first kappa shape index (κ1) is 22.6. The van der Waals surface area contributed by atoms with E-state index >= 15 is 0 Å². The summed E-state index contributed by atoms with van der Waals surface area (Å²) in [6.07, 6.45) is 4.82. The molecule has 1 atom stereocenters. The Labute approximate surface area is 201 Å². The molecule has 5 rings (SSSR count). The number of aromatic nitrogens is 1. The molecule has 1 aliphatic carbocycles. The maximum Gasteiger partial charge on any atom is 0.278 e. The van der Waals surface area contributed by atoms with E-state index in [2.05, 4.69) is 15.8 Å². The van der Waals surface area contributed by atoms with Crippen LogP contribution in [0.3, 0.4) is 0 Å². The monoisotopic (exact) mass is 481 g/mol. The SMILES string of the molecule is CCOc1ccc(-c2cc(C(=O)Nc3sc4c(c3C(=O)NC[C@H]3CCCO3)CCC4)no2)cc1. The molecule has 178 valence electrons. The molecule has 1 aromatic carbocycles. The third-order valence-corrected chi connectivity index (χ3v) is 7.29. The number of amides is 2. The van der Waals surface area contributed by atoms with Gasteiger partial charge in [-0.25, -0.2) is 0 Å². The zero-order valence-corrected chi connectivity index (χ0v) is 19.8. The smallest absolute Gasteiger partial charge is 0.278 e. The summed E-state index contributed by atoms with van der Waals surface area (Å²) in [6, 6.07) is 9.00. The van der Waals surface area contributed by atoms with Crippen molar-refractivity contribution < 1.29 is 23.6 Å². The number of benzene rings is 1. The molecule has 2 N–H and O–H groups in total. The molecule has 3 heterocycles. The maximum atomic E-state index is 13.1. The number of nitrogens with one attached hydrogen (secondary N) is 2. The number of carbonyl (C=O) groups is 2. The van der Waals surface area contributed by atoms with Crippen LogP contribution in [-0.2, 0) is 17.6 Å². The lowest BCUT2D eigenvalue weighted by Gasteiger charge is -2.12. The van der Waals surface area contributed by atoms with Gasteiger partial charge >= 0.3 is 0 Å². The number of hydrogen-bond donors (Lipinski definition) is 2. The Morgan fingerprint density at radius 2 is 2.03 bits per heavy atom. The van der Waals surface area contributed by atoms with Crippen LogP contribution in [0.2, 0.25) is 0 Å². The minimum atomic E-state index is -0.408. The van der Waals surface area contributed by atoms with Crippen LogP contribution in [0.4, 0.5) is 5.00 Å². The van der Waals surface area contributed by atoms with Crippen LogP contribution in [0.5, 0.6) is 5.75 Å². The number of thiophene rings is 1. The molecule has 9 heteroatoms. The molecule has 1 fully saturated rings. The second-order valence-corrected chi connectivity index (χ2v) is 9.50. The molecule has 2 amide bonds. The molecule has 2 aromatic heterocycles. The summed E-state index contributed by atoms with van der Waals surface area (Å²) in [7, 11) is 0. The van der Waals surface area contributed by atoms with E-state index in [0.717, 1.165) is 60.5 Å². The molecule has 0 saturated carbocycles. The van der Waals surface area contributed by atoms with Gasteiger partial charge in [0.1, 0.15) is 10.8 Å². The van der Waals surface area contributed by atoms with Crippen LogP contribution in [0, 0.1) is 0 Å². The standard InChI is InChI=1S/C25H27N3O5S/c1-2-31-16-10-8-15(9-11-16)20-13-19(28-33-20)23(29)27-25-22(18-6-3-7-21(18)34-25)24(30)26-14-17-5-4-12-32-17/h8-11,13,17H,2-7,12,14H2,1H3,(H,26,30)(H,27,29)/t17-/m1/s1. The van der Waals surface area contributed by atoms with Gasteiger partial charge in [-0.15, -0.1) is 11.3 Å². The van der Waals surface area contributed by atoms with Crippen LogP contribution in [-0.4, -0.2) is 42.8 Å². The molecule has 0 unspecified atom stereocenters. The fraction of sp³-hybridized carbons (Fsp3) is 0.400. The van der Waals surface area contributed by atoms with E-state index in [1.807, 2.05) is 31.2 Å². The van der Waals surface area contributed by atoms with Gasteiger partial charge < -0.3 is 24.6 Å². The van der Waals surface area contributed by atoms with Crippen LogP contribution in [0.15, 0.2) is 34.9 Å². The third-order valence-electron chi connectivity index (χ3n) is 6.08. The van der Waals surface area contributed by atoms with Gasteiger partial charge in [-0.3, -0.25) is 9.59 Å². The highest BCUT2D eigenvalue weighted by molar-refractivity contribution is 7.17. The van der Waals surface area contributed by atoms with Gasteiger partial charge in [-0.05, 0) is 68.9 Å². The van der Waals surface area contributed by atoms with Gasteiger partial charge in [0.05, 0.1) is 18.3 Å². The van der Waals surface area contributed by atoms with Crippen molar-refractivity contribution in [2.75, 3.05) is 25.1 Å². The van der Waals surface area contributed by atoms with Crippen molar-refractivity contribution >= 4 is 28.2 Å². The number of aryl methyl sites for hydroxylation is 1. The third kappa shape index (κ3) is 4.71. The summed E-state index contributed by atoms with van der Waals surface area (Å²) < 4.78 is 16.5. The van der Waals surface area contributed by atoms with Gasteiger partial charge in [0.15, 0.2) is 11.5 Å². The van der Waals surface area contributed by atoms with E-state index in [1.54, 1.807) is 6.07 Å². The maximum absolute atomic E-state index is 13.1. The van der Waals surface area contributed by atoms with E-state index in [1.165, 1.54) is 11.3 Å². The molecular weight excluding hydrogens is 454 g/mol. The Hall–Kier alpha value is -3.17. The van der Waals surface area contributed by atoms with Crippen molar-refractivity contribution in [1.82, 2.24) is 10.5 Å². The Balaban J connectivity index is 1.30. The van der Waals surface area contributed by atoms with Crippen LogP contribution in [0.1, 0.15) is 57.5 Å². The minimum Gasteiger partial charge on any atom is -0.494 e. The Morgan fingerprint density at radius 1 is 1.18 bits per heavy atom. The van der Waals surface area contributed by atoms with Crippen molar-refractivity contribution in [3.05, 3.63) is 52.0 Å². The predicted molar refractivity (Wildman–Crippen MR) is 129 cm³/mol. The minimum absolute atomic E-state index is 0.0600. The lowest BCUT2D eigenvalue weighted by atomic mass is 10.1. The first-order chi connectivity index (χ1) is 16.6. The summed E-state index contributed by atoms with van der Waals surface area (Å²) in [6.45, 7) is 3.74. The molecule has 0 spiro atoms. The van der Waals surface area contributed by atoms with Crippen LogP contribution < -0.4 is 15.4 Å². The van der Waals surface area contributed by atoms with Gasteiger partial charge in [-0.2, -0.15) is 0 Å². The zero-order valence-electron chi connectivity index (χ0n) is 19.0. The zero-order chi connectivity index (χ0) is 23.5. The highest BCUT2D eigenvalue weighted by Crippen LogP contribution is 2.39. The molecule has 0 bridgehead atoms. The summed E-state index contributed by atoms with van der Waals surface area (Å²) >= 11 is 1.47. The number of rotatable bonds is 8. The summed E-state index contributed by atoms with van der Waals surface area (Å²) in [5.41, 5.74) is 2.56. The second kappa shape index (κ2) is 9.99. The van der Waals surface area contributed by atoms with E-state index in [-0.39, 0.29) is 17.7 Å². The molecule has 34 heavy (non-hydrogen) atoms. The lowest BCUT2D eigenvalue weighted by Crippen LogP contribution is -2.32. The van der Waals surface area contributed by atoms with Crippen LogP contribution >= 0.6 is 11.3 Å². The number of fused-ring (bicyclic) bond motifs is 1. The quantitative estimate of drug-likeness (QED) is 0.493. The van der Waals surface area contributed by atoms with Gasteiger partial charge in [0.2, 0.25) is 0 Å². The number of nitrogens with zero attached hydrogens (tertiary/aromatic N) is 1.